The number of ether oxygens (including phenoxy) is 4. The molecule has 1 fully saturated rings. The highest BCUT2D eigenvalue weighted by Crippen LogP contribution is 2.39. The number of nitrogens with one attached hydrogen (secondary N) is 1. The number of amides is 1. The lowest BCUT2D eigenvalue weighted by molar-refractivity contribution is -0.157. The molecule has 0 spiro atoms. The number of thiocarbonyl (C=S) groups is 1. The van der Waals surface area contributed by atoms with Crippen molar-refractivity contribution in [2.45, 2.75) is 38.4 Å². The van der Waals surface area contributed by atoms with E-state index in [0.717, 1.165) is 0 Å². The van der Waals surface area contributed by atoms with Crippen LogP contribution in [-0.2, 0) is 28.5 Å². The summed E-state index contributed by atoms with van der Waals surface area (Å²) in [6.45, 7) is 2.30. The predicted octanol–water partition coefficient (Wildman–Crippen LogP) is 3.27. The molecule has 1 unspecified atom stereocenters. The fourth-order valence-electron chi connectivity index (χ4n) is 3.84. The van der Waals surface area contributed by atoms with Crippen LogP contribution in [0.15, 0.2) is 41.4 Å². The maximum Gasteiger partial charge on any atom is 0.303 e. The lowest BCUT2D eigenvalue weighted by Crippen LogP contribution is -2.40. The van der Waals surface area contributed by atoms with E-state index in [-0.39, 0.29) is 33.0 Å². The van der Waals surface area contributed by atoms with Crippen LogP contribution in [-0.4, -0.2) is 72.9 Å². The fraction of sp³-hybridized carbons (Fsp3) is 0.348. The molecule has 3 heterocycles. The molecule has 12 nitrogen and oxygen atoms in total. The van der Waals surface area contributed by atoms with Gasteiger partial charge in [-0.2, -0.15) is 0 Å². The van der Waals surface area contributed by atoms with Crippen LogP contribution < -0.4 is 5.32 Å². The highest BCUT2D eigenvalue weighted by molar-refractivity contribution is 9.10. The number of nitrogens with zero attached hydrogens (tertiary/aromatic N) is 4. The standard InChI is InChI=1S/C23H22BrN5O7S2/c1-11(30)33-9-14-16(34-12(2)31)17(36-23(37)38-3)21(35-14)29-19-15(27-22(29)24)18(25-10-26-19)28-20(32)13-7-5-4-6-8-13/h4-8,10,14,16-17,21H,9H2,1-3H3,(H,25,26,28,32)/t14-,16+,17?,21-/m1/s1. The second-order valence-corrected chi connectivity index (χ2v) is 10.1. The van der Waals surface area contributed by atoms with Gasteiger partial charge < -0.3 is 24.3 Å². The Balaban J connectivity index is 1.74. The van der Waals surface area contributed by atoms with Gasteiger partial charge in [-0.05, 0) is 46.5 Å². The minimum absolute atomic E-state index is 0.173. The van der Waals surface area contributed by atoms with Gasteiger partial charge in [-0.15, -0.1) is 0 Å². The molecule has 4 atom stereocenters. The molecule has 15 heteroatoms. The van der Waals surface area contributed by atoms with Crippen LogP contribution in [0.25, 0.3) is 11.2 Å². The molecule has 1 aliphatic heterocycles. The summed E-state index contributed by atoms with van der Waals surface area (Å²) in [5, 5.41) is 2.75. The summed E-state index contributed by atoms with van der Waals surface area (Å²) >= 11 is 9.90. The summed E-state index contributed by atoms with van der Waals surface area (Å²) in [5.74, 6) is -1.32. The monoisotopic (exact) mass is 623 g/mol. The van der Waals surface area contributed by atoms with Crippen molar-refractivity contribution in [1.82, 2.24) is 19.5 Å². The topological polar surface area (TPSA) is 144 Å². The average molecular weight is 624 g/mol. The average Bonchev–Trinajstić information content (AvgIpc) is 3.39. The van der Waals surface area contributed by atoms with E-state index in [1.807, 2.05) is 0 Å². The molecule has 0 saturated carbocycles. The zero-order chi connectivity index (χ0) is 27.4. The number of halogens is 1. The minimum atomic E-state index is -0.981. The third-order valence-corrected chi connectivity index (χ3v) is 6.98. The van der Waals surface area contributed by atoms with Gasteiger partial charge in [0.25, 0.3) is 5.91 Å². The molecule has 0 radical (unpaired) electrons. The van der Waals surface area contributed by atoms with Crippen LogP contribution in [0.3, 0.4) is 0 Å². The zero-order valence-electron chi connectivity index (χ0n) is 20.3. The number of fused-ring (bicyclic) bond motifs is 1. The van der Waals surface area contributed by atoms with E-state index in [2.05, 4.69) is 36.2 Å². The van der Waals surface area contributed by atoms with E-state index >= 15 is 0 Å². The van der Waals surface area contributed by atoms with Gasteiger partial charge in [-0.25, -0.2) is 15.0 Å². The van der Waals surface area contributed by atoms with Gasteiger partial charge in [-0.1, -0.05) is 30.0 Å². The molecule has 1 amide bonds. The number of benzene rings is 1. The Hall–Kier alpha value is -3.14. The molecule has 1 aliphatic rings. The van der Waals surface area contributed by atoms with E-state index in [1.165, 1.54) is 31.9 Å². The summed E-state index contributed by atoms with van der Waals surface area (Å²) in [6, 6.07) is 8.64. The predicted molar refractivity (Wildman–Crippen MR) is 145 cm³/mol. The molecule has 2 aromatic heterocycles. The van der Waals surface area contributed by atoms with Crippen molar-refractivity contribution in [1.29, 1.82) is 0 Å². The van der Waals surface area contributed by atoms with Crippen LogP contribution in [0.2, 0.25) is 0 Å². The minimum Gasteiger partial charge on any atom is -0.466 e. The molecule has 3 aromatic rings. The SMILES string of the molecule is CSC(=S)OC1[C@@H](OC(C)=O)[C@@H](COC(C)=O)O[C@H]1n1c(Br)nc2c(NC(=O)c3ccccc3)ncnc21. The van der Waals surface area contributed by atoms with Crippen LogP contribution in [0.5, 0.6) is 0 Å². The molecule has 0 aliphatic carbocycles. The lowest BCUT2D eigenvalue weighted by Gasteiger charge is -2.25. The Labute approximate surface area is 234 Å². The molecular weight excluding hydrogens is 602 g/mol. The lowest BCUT2D eigenvalue weighted by atomic mass is 10.1. The number of thioether (sulfide) groups is 1. The highest BCUT2D eigenvalue weighted by atomic mass is 79.9. The zero-order valence-corrected chi connectivity index (χ0v) is 23.5. The highest BCUT2D eigenvalue weighted by Gasteiger charge is 2.51. The van der Waals surface area contributed by atoms with E-state index in [9.17, 15) is 14.4 Å². The maximum atomic E-state index is 12.8. The Morgan fingerprint density at radius 2 is 1.87 bits per heavy atom. The van der Waals surface area contributed by atoms with Gasteiger partial charge >= 0.3 is 11.9 Å². The Bertz CT molecular complexity index is 1370. The van der Waals surface area contributed by atoms with Gasteiger partial charge in [0.1, 0.15) is 19.0 Å². The first-order valence-electron chi connectivity index (χ1n) is 11.1. The molecular formula is C23H22BrN5O7S2. The molecule has 1 saturated heterocycles. The van der Waals surface area contributed by atoms with Gasteiger partial charge in [0, 0.05) is 19.4 Å². The number of imidazole rings is 1. The Kier molecular flexibility index (Phi) is 8.91. The maximum absolute atomic E-state index is 12.8. The van der Waals surface area contributed by atoms with Crippen LogP contribution >= 0.6 is 39.9 Å². The van der Waals surface area contributed by atoms with Gasteiger partial charge in [0.2, 0.25) is 4.38 Å². The van der Waals surface area contributed by atoms with Crippen molar-refractivity contribution in [3.8, 4) is 0 Å². The summed E-state index contributed by atoms with van der Waals surface area (Å²) < 4.78 is 24.9. The van der Waals surface area contributed by atoms with Crippen LogP contribution in [0, 0.1) is 0 Å². The Morgan fingerprint density at radius 3 is 2.53 bits per heavy atom. The number of esters is 2. The number of anilines is 1. The van der Waals surface area contributed by atoms with Crippen molar-refractivity contribution >= 4 is 79.1 Å². The molecule has 4 rings (SSSR count). The third kappa shape index (κ3) is 6.11. The first kappa shape index (κ1) is 27.9. The van der Waals surface area contributed by atoms with Crippen molar-refractivity contribution < 1.29 is 33.3 Å². The second-order valence-electron chi connectivity index (χ2n) is 7.94. The molecule has 1 aromatic carbocycles. The quantitative estimate of drug-likeness (QED) is 0.234. The summed E-state index contributed by atoms with van der Waals surface area (Å²) in [6.07, 6.45) is -0.786. The molecule has 1 N–H and O–H groups in total. The number of hydrogen-bond acceptors (Lipinski definition) is 12. The second kappa shape index (κ2) is 12.1. The first-order valence-corrected chi connectivity index (χ1v) is 13.6. The van der Waals surface area contributed by atoms with Gasteiger partial charge in [0.05, 0.1) is 0 Å². The number of rotatable bonds is 7. The van der Waals surface area contributed by atoms with Crippen LogP contribution in [0.4, 0.5) is 5.82 Å². The summed E-state index contributed by atoms with van der Waals surface area (Å²) in [7, 11) is 0. The number of carbonyl (C=O) groups excluding carboxylic acids is 3. The molecule has 200 valence electrons. The fourth-order valence-corrected chi connectivity index (χ4v) is 4.70. The summed E-state index contributed by atoms with van der Waals surface area (Å²) in [4.78, 5) is 49.2. The number of carbonyl (C=O) groups is 3. The largest absolute Gasteiger partial charge is 0.466 e. The Morgan fingerprint density at radius 1 is 1.13 bits per heavy atom. The van der Waals surface area contributed by atoms with Crippen molar-refractivity contribution in [2.75, 3.05) is 18.2 Å². The summed E-state index contributed by atoms with van der Waals surface area (Å²) in [5.41, 5.74) is 0.998. The van der Waals surface area contributed by atoms with Crippen molar-refractivity contribution in [3.05, 3.63) is 47.0 Å². The third-order valence-electron chi connectivity index (χ3n) is 5.39. The molecule has 38 heavy (non-hydrogen) atoms. The normalized spacial score (nSPS) is 20.6. The molecule has 0 bridgehead atoms. The van der Waals surface area contributed by atoms with E-state index in [1.54, 1.807) is 41.2 Å². The van der Waals surface area contributed by atoms with Crippen molar-refractivity contribution in [3.63, 3.8) is 0 Å². The van der Waals surface area contributed by atoms with E-state index in [4.69, 9.17) is 31.2 Å². The van der Waals surface area contributed by atoms with Gasteiger partial charge in [-0.3, -0.25) is 19.0 Å². The van der Waals surface area contributed by atoms with E-state index < -0.39 is 36.5 Å². The van der Waals surface area contributed by atoms with Crippen LogP contribution in [0.1, 0.15) is 30.4 Å². The number of aromatic nitrogens is 4. The smallest absolute Gasteiger partial charge is 0.303 e. The van der Waals surface area contributed by atoms with Crippen molar-refractivity contribution in [2.24, 2.45) is 0 Å². The van der Waals surface area contributed by atoms with E-state index in [0.29, 0.717) is 11.2 Å². The number of hydrogen-bond donors (Lipinski definition) is 1. The van der Waals surface area contributed by atoms with Gasteiger partial charge in [0.15, 0.2) is 40.2 Å². The first-order chi connectivity index (χ1) is 18.2.